The highest BCUT2D eigenvalue weighted by Crippen LogP contribution is 2.40. The number of para-hydroxylation sites is 1. The molecule has 3 heteroatoms. The number of allylic oxidation sites excluding steroid dienone is 1. The minimum Gasteiger partial charge on any atom is -0.377 e. The van der Waals surface area contributed by atoms with Crippen molar-refractivity contribution in [1.82, 2.24) is 9.88 Å². The lowest BCUT2D eigenvalue weighted by molar-refractivity contribution is 0.252. The van der Waals surface area contributed by atoms with Crippen LogP contribution in [0.1, 0.15) is 18.4 Å². The van der Waals surface area contributed by atoms with Gasteiger partial charge in [0.1, 0.15) is 0 Å². The van der Waals surface area contributed by atoms with Crippen LogP contribution in [-0.2, 0) is 0 Å². The van der Waals surface area contributed by atoms with Crippen molar-refractivity contribution in [3.05, 3.63) is 41.2 Å². The lowest BCUT2D eigenvalue weighted by atomic mass is 9.82. The number of aromatic nitrogens is 1. The number of fused-ring (bicyclic) bond motifs is 3. The second kappa shape index (κ2) is 3.79. The molecule has 0 atom stereocenters. The Balaban J connectivity index is 1.91. The summed E-state index contributed by atoms with van der Waals surface area (Å²) in [5.41, 5.74) is 3.88. The average Bonchev–Trinajstić information content (AvgIpc) is 2.85. The second-order valence-electron chi connectivity index (χ2n) is 5.26. The highest BCUT2D eigenvalue weighted by Gasteiger charge is 2.28. The molecule has 3 aliphatic heterocycles. The van der Waals surface area contributed by atoms with E-state index in [1.807, 2.05) is 12.1 Å². The van der Waals surface area contributed by atoms with E-state index < -0.39 is 0 Å². The van der Waals surface area contributed by atoms with E-state index in [0.29, 0.717) is 0 Å². The van der Waals surface area contributed by atoms with Gasteiger partial charge in [0.05, 0.1) is 10.5 Å². The Hall–Kier alpha value is -1.41. The molecule has 2 aromatic rings. The molecule has 1 aromatic carbocycles. The first-order valence-corrected chi connectivity index (χ1v) is 6.92. The van der Waals surface area contributed by atoms with Crippen molar-refractivity contribution in [2.45, 2.75) is 12.8 Å². The van der Waals surface area contributed by atoms with E-state index in [1.165, 1.54) is 42.5 Å². The van der Waals surface area contributed by atoms with E-state index in [-0.39, 0.29) is 0 Å². The Labute approximate surface area is 111 Å². The van der Waals surface area contributed by atoms with E-state index >= 15 is 0 Å². The number of H-pyrrole nitrogens is 1. The van der Waals surface area contributed by atoms with Crippen LogP contribution in [0.4, 0.5) is 0 Å². The third-order valence-electron chi connectivity index (χ3n) is 4.27. The topological polar surface area (TPSA) is 19.0 Å². The molecule has 0 unspecified atom stereocenters. The molecule has 1 saturated heterocycles. The quantitative estimate of drug-likeness (QED) is 0.822. The number of nitrogens with zero attached hydrogens (tertiary/aromatic N) is 1. The average molecular weight is 259 g/mol. The predicted octanol–water partition coefficient (Wildman–Crippen LogP) is 3.89. The molecule has 0 aliphatic carbocycles. The molecule has 0 saturated carbocycles. The molecule has 2 nitrogen and oxygen atoms in total. The molecule has 18 heavy (non-hydrogen) atoms. The van der Waals surface area contributed by atoms with Crippen LogP contribution in [0.25, 0.3) is 16.5 Å². The fourth-order valence-corrected chi connectivity index (χ4v) is 3.52. The van der Waals surface area contributed by atoms with Crippen LogP contribution >= 0.6 is 11.6 Å². The number of rotatable bonds is 1. The van der Waals surface area contributed by atoms with Crippen molar-refractivity contribution in [3.63, 3.8) is 0 Å². The zero-order chi connectivity index (χ0) is 12.1. The SMILES string of the molecule is Clc1cccc2c(C3=CN4CCC3CC4)c[nH]c12. The molecule has 1 N–H and O–H groups in total. The van der Waals surface area contributed by atoms with Crippen molar-refractivity contribution in [2.24, 2.45) is 5.92 Å². The molecule has 5 rings (SSSR count). The summed E-state index contributed by atoms with van der Waals surface area (Å²) < 4.78 is 0. The molecule has 3 aliphatic rings. The Morgan fingerprint density at radius 2 is 2.06 bits per heavy atom. The predicted molar refractivity (Wildman–Crippen MR) is 75.6 cm³/mol. The summed E-state index contributed by atoms with van der Waals surface area (Å²) in [6, 6.07) is 6.13. The van der Waals surface area contributed by atoms with Crippen LogP contribution in [0, 0.1) is 5.92 Å². The molecule has 2 bridgehead atoms. The number of nitrogens with one attached hydrogen (secondary N) is 1. The lowest BCUT2D eigenvalue weighted by Gasteiger charge is -2.39. The highest BCUT2D eigenvalue weighted by molar-refractivity contribution is 6.35. The molecule has 0 radical (unpaired) electrons. The summed E-state index contributed by atoms with van der Waals surface area (Å²) >= 11 is 6.23. The Kier molecular flexibility index (Phi) is 2.21. The third-order valence-corrected chi connectivity index (χ3v) is 4.58. The van der Waals surface area contributed by atoms with E-state index in [1.54, 1.807) is 0 Å². The number of piperidine rings is 1. The Morgan fingerprint density at radius 1 is 1.22 bits per heavy atom. The lowest BCUT2D eigenvalue weighted by Crippen LogP contribution is -2.35. The smallest absolute Gasteiger partial charge is 0.0649 e. The highest BCUT2D eigenvalue weighted by atomic mass is 35.5. The largest absolute Gasteiger partial charge is 0.377 e. The second-order valence-corrected chi connectivity index (χ2v) is 5.67. The van der Waals surface area contributed by atoms with Gasteiger partial charge in [0, 0.05) is 36.4 Å². The zero-order valence-corrected chi connectivity index (χ0v) is 10.9. The number of benzene rings is 1. The van der Waals surface area contributed by atoms with Crippen molar-refractivity contribution in [1.29, 1.82) is 0 Å². The monoisotopic (exact) mass is 258 g/mol. The summed E-state index contributed by atoms with van der Waals surface area (Å²) in [4.78, 5) is 5.77. The first kappa shape index (κ1) is 10.5. The van der Waals surface area contributed by atoms with Crippen LogP contribution < -0.4 is 0 Å². The van der Waals surface area contributed by atoms with Gasteiger partial charge in [-0.05, 0) is 30.4 Å². The molecular weight excluding hydrogens is 244 g/mol. The summed E-state index contributed by atoms with van der Waals surface area (Å²) in [5, 5.41) is 2.06. The third kappa shape index (κ3) is 1.42. The minimum absolute atomic E-state index is 0.730. The fraction of sp³-hybridized carbons (Fsp3) is 0.333. The first-order valence-electron chi connectivity index (χ1n) is 6.54. The Morgan fingerprint density at radius 3 is 2.78 bits per heavy atom. The van der Waals surface area contributed by atoms with Gasteiger partial charge in [0.15, 0.2) is 0 Å². The summed E-state index contributed by atoms with van der Waals surface area (Å²) in [5.74, 6) is 0.730. The van der Waals surface area contributed by atoms with Gasteiger partial charge in [-0.15, -0.1) is 0 Å². The van der Waals surface area contributed by atoms with Gasteiger partial charge in [0.25, 0.3) is 0 Å². The van der Waals surface area contributed by atoms with Gasteiger partial charge in [0.2, 0.25) is 0 Å². The number of halogens is 1. The minimum atomic E-state index is 0.730. The van der Waals surface area contributed by atoms with Crippen molar-refractivity contribution in [3.8, 4) is 0 Å². The van der Waals surface area contributed by atoms with Crippen molar-refractivity contribution >= 4 is 28.1 Å². The zero-order valence-electron chi connectivity index (χ0n) is 10.1. The molecule has 92 valence electrons. The van der Waals surface area contributed by atoms with Crippen molar-refractivity contribution in [2.75, 3.05) is 13.1 Å². The van der Waals surface area contributed by atoms with Gasteiger partial charge in [-0.25, -0.2) is 0 Å². The number of aromatic amines is 1. The molecular formula is C15H15ClN2. The first-order chi connectivity index (χ1) is 8.83. The molecule has 0 amide bonds. The molecule has 1 aromatic heterocycles. The van der Waals surface area contributed by atoms with E-state index in [0.717, 1.165) is 16.5 Å². The van der Waals surface area contributed by atoms with E-state index in [9.17, 15) is 0 Å². The maximum atomic E-state index is 6.23. The normalized spacial score (nSPS) is 19.6. The van der Waals surface area contributed by atoms with Gasteiger partial charge in [-0.2, -0.15) is 0 Å². The van der Waals surface area contributed by atoms with Crippen LogP contribution in [0.3, 0.4) is 0 Å². The van der Waals surface area contributed by atoms with E-state index in [2.05, 4.69) is 28.3 Å². The fourth-order valence-electron chi connectivity index (χ4n) is 3.29. The van der Waals surface area contributed by atoms with E-state index in [4.69, 9.17) is 11.6 Å². The molecule has 0 spiro atoms. The van der Waals surface area contributed by atoms with Gasteiger partial charge in [-0.1, -0.05) is 23.7 Å². The summed E-state index contributed by atoms with van der Waals surface area (Å²) in [6.45, 7) is 2.44. The number of hydrogen-bond acceptors (Lipinski definition) is 1. The Bertz CT molecular complexity index is 633. The molecule has 1 fully saturated rings. The van der Waals surface area contributed by atoms with Gasteiger partial charge < -0.3 is 9.88 Å². The van der Waals surface area contributed by atoms with Gasteiger partial charge in [-0.3, -0.25) is 0 Å². The summed E-state index contributed by atoms with van der Waals surface area (Å²) in [7, 11) is 0. The van der Waals surface area contributed by atoms with Crippen LogP contribution in [0.2, 0.25) is 5.02 Å². The standard InChI is InChI=1S/C15H15ClN2/c16-14-3-1-2-11-12(8-17-15(11)14)13-9-18-6-4-10(13)5-7-18/h1-3,8-10,17H,4-7H2. The van der Waals surface area contributed by atoms with Crippen LogP contribution in [0.5, 0.6) is 0 Å². The maximum absolute atomic E-state index is 6.23. The van der Waals surface area contributed by atoms with Crippen LogP contribution in [0.15, 0.2) is 30.6 Å². The molecule has 4 heterocycles. The number of hydrogen-bond donors (Lipinski definition) is 1. The van der Waals surface area contributed by atoms with Crippen molar-refractivity contribution < 1.29 is 0 Å². The summed E-state index contributed by atoms with van der Waals surface area (Å²) in [6.07, 6.45) is 7.05. The maximum Gasteiger partial charge on any atom is 0.0649 e. The van der Waals surface area contributed by atoms with Crippen LogP contribution in [-0.4, -0.2) is 23.0 Å². The van der Waals surface area contributed by atoms with Gasteiger partial charge >= 0.3 is 0 Å².